The van der Waals surface area contributed by atoms with E-state index in [0.29, 0.717) is 27.7 Å². The Balaban J connectivity index is 2.70. The number of amides is 1. The highest BCUT2D eigenvalue weighted by Gasteiger charge is 2.07. The zero-order valence-electron chi connectivity index (χ0n) is 7.76. The van der Waals surface area contributed by atoms with Gasteiger partial charge in [-0.1, -0.05) is 0 Å². The van der Waals surface area contributed by atoms with Crippen LogP contribution < -0.4 is 5.32 Å². The zero-order valence-corrected chi connectivity index (χ0v) is 10.9. The number of terminal acetylenes is 1. The van der Waals surface area contributed by atoms with Gasteiger partial charge in [0.15, 0.2) is 0 Å². The molecule has 0 saturated heterocycles. The summed E-state index contributed by atoms with van der Waals surface area (Å²) in [6.45, 7) is 0.479. The molecule has 1 amide bonds. The molecule has 1 aromatic rings. The highest BCUT2D eigenvalue weighted by Crippen LogP contribution is 2.15. The van der Waals surface area contributed by atoms with Crippen molar-refractivity contribution in [2.45, 2.75) is 6.42 Å². The molecule has 5 heteroatoms. The summed E-state index contributed by atoms with van der Waals surface area (Å²) >= 11 is 6.42. The molecule has 0 atom stereocenters. The summed E-state index contributed by atoms with van der Waals surface area (Å²) < 4.78 is 1.22. The standard InChI is InChI=1S/C10H8Br2N2O/c1-2-3-4-13-10(15)7-5-8(11)14-9(12)6-7/h1,5-6H,3-4H2,(H,13,15). The van der Waals surface area contributed by atoms with Crippen LogP contribution in [0.1, 0.15) is 16.8 Å². The first-order valence-electron chi connectivity index (χ1n) is 4.18. The van der Waals surface area contributed by atoms with Gasteiger partial charge in [0.25, 0.3) is 5.91 Å². The Morgan fingerprint density at radius 2 is 2.07 bits per heavy atom. The van der Waals surface area contributed by atoms with Gasteiger partial charge in [-0.2, -0.15) is 0 Å². The van der Waals surface area contributed by atoms with Gasteiger partial charge in [0.2, 0.25) is 0 Å². The SMILES string of the molecule is C#CCCNC(=O)c1cc(Br)nc(Br)c1. The minimum Gasteiger partial charge on any atom is -0.351 e. The van der Waals surface area contributed by atoms with E-state index in [-0.39, 0.29) is 5.91 Å². The Hall–Kier alpha value is -0.860. The van der Waals surface area contributed by atoms with Crippen LogP contribution in [0, 0.1) is 12.3 Å². The summed E-state index contributed by atoms with van der Waals surface area (Å²) in [7, 11) is 0. The predicted octanol–water partition coefficient (Wildman–Crippen LogP) is 2.36. The van der Waals surface area contributed by atoms with E-state index in [1.165, 1.54) is 0 Å². The molecule has 15 heavy (non-hydrogen) atoms. The number of nitrogens with zero attached hydrogens (tertiary/aromatic N) is 1. The van der Waals surface area contributed by atoms with Crippen LogP contribution in [0.25, 0.3) is 0 Å². The zero-order chi connectivity index (χ0) is 11.3. The van der Waals surface area contributed by atoms with E-state index in [0.717, 1.165) is 0 Å². The van der Waals surface area contributed by atoms with E-state index < -0.39 is 0 Å². The fourth-order valence-corrected chi connectivity index (χ4v) is 2.06. The summed E-state index contributed by atoms with van der Waals surface area (Å²) in [6.07, 6.45) is 5.60. The largest absolute Gasteiger partial charge is 0.351 e. The molecule has 0 aliphatic rings. The summed E-state index contributed by atoms with van der Waals surface area (Å²) in [5.74, 6) is 2.29. The van der Waals surface area contributed by atoms with Crippen molar-refractivity contribution < 1.29 is 4.79 Å². The second kappa shape index (κ2) is 5.89. The molecular formula is C10H8Br2N2O. The minimum atomic E-state index is -0.158. The molecule has 0 aliphatic carbocycles. The number of carbonyl (C=O) groups excluding carboxylic acids is 1. The Kier molecular flexibility index (Phi) is 4.79. The number of hydrogen-bond donors (Lipinski definition) is 1. The molecule has 1 heterocycles. The molecule has 0 aromatic carbocycles. The minimum absolute atomic E-state index is 0.158. The number of halogens is 2. The van der Waals surface area contributed by atoms with Gasteiger partial charge in [0.05, 0.1) is 0 Å². The third-order valence-electron chi connectivity index (χ3n) is 1.58. The van der Waals surface area contributed by atoms with Gasteiger partial charge in [0, 0.05) is 18.5 Å². The molecule has 0 unspecified atom stereocenters. The van der Waals surface area contributed by atoms with Crippen molar-refractivity contribution in [3.63, 3.8) is 0 Å². The third kappa shape index (κ3) is 4.02. The monoisotopic (exact) mass is 330 g/mol. The number of aromatic nitrogens is 1. The molecule has 0 radical (unpaired) electrons. The number of pyridine rings is 1. The van der Waals surface area contributed by atoms with Crippen LogP contribution in [0.2, 0.25) is 0 Å². The average molecular weight is 332 g/mol. The quantitative estimate of drug-likeness (QED) is 0.525. The predicted molar refractivity (Wildman–Crippen MR) is 65.4 cm³/mol. The molecule has 78 valence electrons. The number of hydrogen-bond acceptors (Lipinski definition) is 2. The lowest BCUT2D eigenvalue weighted by atomic mass is 10.2. The molecule has 3 nitrogen and oxygen atoms in total. The van der Waals surface area contributed by atoms with Gasteiger partial charge >= 0.3 is 0 Å². The topological polar surface area (TPSA) is 42.0 Å². The molecule has 0 fully saturated rings. The molecule has 1 N–H and O–H groups in total. The van der Waals surface area contributed by atoms with Gasteiger partial charge < -0.3 is 5.32 Å². The normalized spacial score (nSPS) is 9.40. The summed E-state index contributed by atoms with van der Waals surface area (Å²) in [4.78, 5) is 15.6. The van der Waals surface area contributed by atoms with E-state index in [1.807, 2.05) is 0 Å². The molecule has 0 bridgehead atoms. The fraction of sp³-hybridized carbons (Fsp3) is 0.200. The second-order valence-electron chi connectivity index (χ2n) is 2.71. The first kappa shape index (κ1) is 12.2. The lowest BCUT2D eigenvalue weighted by Gasteiger charge is -2.03. The van der Waals surface area contributed by atoms with Crippen molar-refractivity contribution in [1.29, 1.82) is 0 Å². The van der Waals surface area contributed by atoms with Gasteiger partial charge in [-0.3, -0.25) is 4.79 Å². The van der Waals surface area contributed by atoms with Crippen molar-refractivity contribution >= 4 is 37.8 Å². The Morgan fingerprint density at radius 1 is 1.47 bits per heavy atom. The molecular weight excluding hydrogens is 324 g/mol. The summed E-state index contributed by atoms with van der Waals surface area (Å²) in [5.41, 5.74) is 0.542. The van der Waals surface area contributed by atoms with Crippen molar-refractivity contribution in [2.24, 2.45) is 0 Å². The average Bonchev–Trinajstić information content (AvgIpc) is 2.16. The molecule has 0 aliphatic heterocycles. The van der Waals surface area contributed by atoms with Crippen LogP contribution in [0.3, 0.4) is 0 Å². The Morgan fingerprint density at radius 3 is 2.60 bits per heavy atom. The van der Waals surface area contributed by atoms with Crippen molar-refractivity contribution in [3.05, 3.63) is 26.9 Å². The molecule has 1 rings (SSSR count). The second-order valence-corrected chi connectivity index (χ2v) is 4.34. The van der Waals surface area contributed by atoms with Crippen LogP contribution in [-0.2, 0) is 0 Å². The van der Waals surface area contributed by atoms with E-state index >= 15 is 0 Å². The van der Waals surface area contributed by atoms with E-state index in [4.69, 9.17) is 6.42 Å². The third-order valence-corrected chi connectivity index (χ3v) is 2.39. The van der Waals surface area contributed by atoms with Crippen LogP contribution >= 0.6 is 31.9 Å². The van der Waals surface area contributed by atoms with E-state index in [9.17, 15) is 4.79 Å². The lowest BCUT2D eigenvalue weighted by Crippen LogP contribution is -2.24. The van der Waals surface area contributed by atoms with Crippen LogP contribution in [0.4, 0.5) is 0 Å². The maximum Gasteiger partial charge on any atom is 0.251 e. The summed E-state index contributed by atoms with van der Waals surface area (Å²) in [5, 5.41) is 2.70. The fourth-order valence-electron chi connectivity index (χ4n) is 0.946. The van der Waals surface area contributed by atoms with Gasteiger partial charge in [-0.15, -0.1) is 12.3 Å². The smallest absolute Gasteiger partial charge is 0.251 e. The maximum absolute atomic E-state index is 11.6. The number of rotatable bonds is 3. The maximum atomic E-state index is 11.6. The van der Waals surface area contributed by atoms with Crippen molar-refractivity contribution in [1.82, 2.24) is 10.3 Å². The first-order chi connectivity index (χ1) is 7.13. The van der Waals surface area contributed by atoms with E-state index in [2.05, 4.69) is 48.1 Å². The number of nitrogens with one attached hydrogen (secondary N) is 1. The first-order valence-corrected chi connectivity index (χ1v) is 5.77. The summed E-state index contributed by atoms with van der Waals surface area (Å²) in [6, 6.07) is 3.30. The van der Waals surface area contributed by atoms with Crippen LogP contribution in [0.15, 0.2) is 21.3 Å². The highest BCUT2D eigenvalue weighted by molar-refractivity contribution is 9.11. The van der Waals surface area contributed by atoms with Crippen molar-refractivity contribution in [2.75, 3.05) is 6.54 Å². The Bertz CT molecular complexity index is 392. The molecule has 0 saturated carbocycles. The molecule has 0 spiro atoms. The van der Waals surface area contributed by atoms with Crippen molar-refractivity contribution in [3.8, 4) is 12.3 Å². The van der Waals surface area contributed by atoms with Gasteiger partial charge in [0.1, 0.15) is 9.21 Å². The lowest BCUT2D eigenvalue weighted by molar-refractivity contribution is 0.0954. The highest BCUT2D eigenvalue weighted by atomic mass is 79.9. The van der Waals surface area contributed by atoms with Gasteiger partial charge in [-0.25, -0.2) is 4.98 Å². The van der Waals surface area contributed by atoms with Crippen LogP contribution in [0.5, 0.6) is 0 Å². The van der Waals surface area contributed by atoms with E-state index in [1.54, 1.807) is 12.1 Å². The van der Waals surface area contributed by atoms with Gasteiger partial charge in [-0.05, 0) is 44.0 Å². The molecule has 1 aromatic heterocycles. The Labute approximate surface area is 105 Å². The number of carbonyl (C=O) groups is 1. The van der Waals surface area contributed by atoms with Crippen LogP contribution in [-0.4, -0.2) is 17.4 Å².